The summed E-state index contributed by atoms with van der Waals surface area (Å²) in [6.45, 7) is 6.32. The Morgan fingerprint density at radius 3 is 2.36 bits per heavy atom. The Kier molecular flexibility index (Phi) is 4.70. The molecule has 0 saturated heterocycles. The standard InChI is InChI=1S/C21H22N2O2/c1-14-9-10-15(2)20-19(14)11-18(21(25)22-20)13-23(16(3)24)12-17-7-5-4-6-8-17/h4-11H,12-13H2,1-3H3,(H,22,25). The number of hydrogen-bond acceptors (Lipinski definition) is 2. The van der Waals surface area contributed by atoms with E-state index in [9.17, 15) is 9.59 Å². The molecule has 0 radical (unpaired) electrons. The molecule has 4 nitrogen and oxygen atoms in total. The second kappa shape index (κ2) is 6.93. The van der Waals surface area contributed by atoms with Crippen LogP contribution < -0.4 is 5.56 Å². The third-order valence-electron chi connectivity index (χ3n) is 4.54. The number of aryl methyl sites for hydroxylation is 2. The van der Waals surface area contributed by atoms with Crippen molar-refractivity contribution in [1.82, 2.24) is 9.88 Å². The van der Waals surface area contributed by atoms with Crippen molar-refractivity contribution in [1.29, 1.82) is 0 Å². The summed E-state index contributed by atoms with van der Waals surface area (Å²) in [4.78, 5) is 29.2. The van der Waals surface area contributed by atoms with Gasteiger partial charge in [0.1, 0.15) is 0 Å². The fourth-order valence-corrected chi connectivity index (χ4v) is 3.02. The van der Waals surface area contributed by atoms with E-state index in [1.807, 2.05) is 62.4 Å². The highest BCUT2D eigenvalue weighted by Gasteiger charge is 2.14. The highest BCUT2D eigenvalue weighted by atomic mass is 16.2. The number of nitrogens with one attached hydrogen (secondary N) is 1. The number of nitrogens with zero attached hydrogens (tertiary/aromatic N) is 1. The molecule has 0 unspecified atom stereocenters. The fraction of sp³-hybridized carbons (Fsp3) is 0.238. The molecule has 0 aliphatic heterocycles. The van der Waals surface area contributed by atoms with Gasteiger partial charge in [-0.3, -0.25) is 9.59 Å². The van der Waals surface area contributed by atoms with Gasteiger partial charge < -0.3 is 9.88 Å². The third kappa shape index (κ3) is 3.63. The summed E-state index contributed by atoms with van der Waals surface area (Å²) in [6, 6.07) is 15.8. The maximum atomic E-state index is 12.5. The molecule has 1 aromatic heterocycles. The van der Waals surface area contributed by atoms with Gasteiger partial charge in [-0.15, -0.1) is 0 Å². The summed E-state index contributed by atoms with van der Waals surface area (Å²) >= 11 is 0. The zero-order chi connectivity index (χ0) is 18.0. The maximum absolute atomic E-state index is 12.5. The van der Waals surface area contributed by atoms with E-state index in [-0.39, 0.29) is 11.5 Å². The maximum Gasteiger partial charge on any atom is 0.253 e. The van der Waals surface area contributed by atoms with Gasteiger partial charge >= 0.3 is 0 Å². The monoisotopic (exact) mass is 334 g/mol. The Labute approximate surface area is 147 Å². The van der Waals surface area contributed by atoms with Crippen LogP contribution in [-0.2, 0) is 17.9 Å². The topological polar surface area (TPSA) is 53.2 Å². The van der Waals surface area contributed by atoms with Crippen molar-refractivity contribution < 1.29 is 4.79 Å². The number of aromatic nitrogens is 1. The second-order valence-corrected chi connectivity index (χ2v) is 6.47. The summed E-state index contributed by atoms with van der Waals surface area (Å²) in [7, 11) is 0. The zero-order valence-electron chi connectivity index (χ0n) is 14.8. The van der Waals surface area contributed by atoms with Gasteiger partial charge in [0.05, 0.1) is 12.1 Å². The molecule has 0 bridgehead atoms. The molecule has 1 amide bonds. The van der Waals surface area contributed by atoms with Crippen molar-refractivity contribution in [3.05, 3.63) is 81.1 Å². The van der Waals surface area contributed by atoms with Gasteiger partial charge in [-0.25, -0.2) is 0 Å². The number of benzene rings is 2. The first-order valence-electron chi connectivity index (χ1n) is 8.37. The largest absolute Gasteiger partial charge is 0.334 e. The summed E-state index contributed by atoms with van der Waals surface area (Å²) in [5.41, 5.74) is 4.52. The first-order chi connectivity index (χ1) is 12.0. The molecule has 0 fully saturated rings. The second-order valence-electron chi connectivity index (χ2n) is 6.47. The summed E-state index contributed by atoms with van der Waals surface area (Å²) in [5, 5.41) is 1.03. The number of amides is 1. The zero-order valence-corrected chi connectivity index (χ0v) is 14.8. The lowest BCUT2D eigenvalue weighted by atomic mass is 10.0. The van der Waals surface area contributed by atoms with Crippen molar-refractivity contribution >= 4 is 16.8 Å². The van der Waals surface area contributed by atoms with E-state index in [1.54, 1.807) is 4.90 Å². The van der Waals surface area contributed by atoms with Crippen molar-refractivity contribution in [2.45, 2.75) is 33.9 Å². The minimum absolute atomic E-state index is 0.0516. The number of pyridine rings is 1. The molecular weight excluding hydrogens is 312 g/mol. The highest BCUT2D eigenvalue weighted by molar-refractivity contribution is 5.85. The number of carbonyl (C=O) groups excluding carboxylic acids is 1. The van der Waals surface area contributed by atoms with E-state index < -0.39 is 0 Å². The summed E-state index contributed by atoms with van der Waals surface area (Å²) in [5.74, 6) is -0.0516. The molecule has 25 heavy (non-hydrogen) atoms. The van der Waals surface area contributed by atoms with Gasteiger partial charge in [0.2, 0.25) is 5.91 Å². The van der Waals surface area contributed by atoms with E-state index >= 15 is 0 Å². The SMILES string of the molecule is CC(=O)N(Cc1ccccc1)Cc1cc2c(C)ccc(C)c2[nH]c1=O. The van der Waals surface area contributed by atoms with Crippen LogP contribution in [0.3, 0.4) is 0 Å². The van der Waals surface area contributed by atoms with Crippen LogP contribution in [0.2, 0.25) is 0 Å². The Bertz CT molecular complexity index is 974. The molecule has 2 aromatic carbocycles. The molecule has 0 saturated carbocycles. The van der Waals surface area contributed by atoms with Crippen LogP contribution >= 0.6 is 0 Å². The van der Waals surface area contributed by atoms with Crippen molar-refractivity contribution in [3.63, 3.8) is 0 Å². The molecule has 3 rings (SSSR count). The van der Waals surface area contributed by atoms with Crippen LogP contribution in [0.15, 0.2) is 53.3 Å². The minimum Gasteiger partial charge on any atom is -0.334 e. The van der Waals surface area contributed by atoms with Crippen LogP contribution in [0.25, 0.3) is 10.9 Å². The number of carbonyl (C=O) groups is 1. The van der Waals surface area contributed by atoms with Crippen molar-refractivity contribution in [2.24, 2.45) is 0 Å². The first-order valence-corrected chi connectivity index (χ1v) is 8.37. The lowest BCUT2D eigenvalue weighted by Crippen LogP contribution is -2.30. The molecular formula is C21H22N2O2. The van der Waals surface area contributed by atoms with Crippen LogP contribution in [0.1, 0.15) is 29.2 Å². The quantitative estimate of drug-likeness (QED) is 0.791. The van der Waals surface area contributed by atoms with E-state index in [4.69, 9.17) is 0 Å². The first kappa shape index (κ1) is 17.0. The average Bonchev–Trinajstić information content (AvgIpc) is 2.59. The van der Waals surface area contributed by atoms with Gasteiger partial charge in [-0.1, -0.05) is 42.5 Å². The van der Waals surface area contributed by atoms with Crippen LogP contribution in [-0.4, -0.2) is 15.8 Å². The lowest BCUT2D eigenvalue weighted by Gasteiger charge is -2.21. The Morgan fingerprint density at radius 2 is 1.68 bits per heavy atom. The normalized spacial score (nSPS) is 10.8. The van der Waals surface area contributed by atoms with Gasteiger partial charge in [0.25, 0.3) is 5.56 Å². The van der Waals surface area contributed by atoms with E-state index in [0.29, 0.717) is 18.7 Å². The number of rotatable bonds is 4. The number of aromatic amines is 1. The predicted molar refractivity (Wildman–Crippen MR) is 100 cm³/mol. The van der Waals surface area contributed by atoms with Crippen molar-refractivity contribution in [3.8, 4) is 0 Å². The Morgan fingerprint density at radius 1 is 1.00 bits per heavy atom. The highest BCUT2D eigenvalue weighted by Crippen LogP contribution is 2.20. The number of hydrogen-bond donors (Lipinski definition) is 1. The average molecular weight is 334 g/mol. The summed E-state index contributed by atoms with van der Waals surface area (Å²) < 4.78 is 0. The van der Waals surface area contributed by atoms with Crippen molar-refractivity contribution in [2.75, 3.05) is 0 Å². The predicted octanol–water partition coefficient (Wildman–Crippen LogP) is 3.69. The van der Waals surface area contributed by atoms with Crippen LogP contribution in [0, 0.1) is 13.8 Å². The van der Waals surface area contributed by atoms with E-state index in [1.165, 1.54) is 6.92 Å². The van der Waals surface area contributed by atoms with Gasteiger partial charge in [0.15, 0.2) is 0 Å². The molecule has 1 heterocycles. The smallest absolute Gasteiger partial charge is 0.253 e. The van der Waals surface area contributed by atoms with E-state index in [0.717, 1.165) is 27.6 Å². The number of H-pyrrole nitrogens is 1. The lowest BCUT2D eigenvalue weighted by molar-refractivity contribution is -0.130. The Hall–Kier alpha value is -2.88. The van der Waals surface area contributed by atoms with E-state index in [2.05, 4.69) is 4.98 Å². The Balaban J connectivity index is 1.97. The van der Waals surface area contributed by atoms with Gasteiger partial charge in [-0.05, 0) is 36.6 Å². The molecule has 0 atom stereocenters. The van der Waals surface area contributed by atoms with Gasteiger partial charge in [-0.2, -0.15) is 0 Å². The molecule has 0 spiro atoms. The molecule has 4 heteroatoms. The molecule has 0 aliphatic rings. The number of fused-ring (bicyclic) bond motifs is 1. The molecule has 1 N–H and O–H groups in total. The summed E-state index contributed by atoms with van der Waals surface area (Å²) in [6.07, 6.45) is 0. The molecule has 128 valence electrons. The fourth-order valence-electron chi connectivity index (χ4n) is 3.02. The van der Waals surface area contributed by atoms with Crippen LogP contribution in [0.5, 0.6) is 0 Å². The molecule has 3 aromatic rings. The third-order valence-corrected chi connectivity index (χ3v) is 4.54. The molecule has 0 aliphatic carbocycles. The van der Waals surface area contributed by atoms with Gasteiger partial charge in [0, 0.05) is 24.4 Å². The minimum atomic E-state index is -0.138. The van der Waals surface area contributed by atoms with Crippen LogP contribution in [0.4, 0.5) is 0 Å².